The lowest BCUT2D eigenvalue weighted by Gasteiger charge is -2.25. The summed E-state index contributed by atoms with van der Waals surface area (Å²) in [6, 6.07) is 0.652. The first-order chi connectivity index (χ1) is 10.6. The molecule has 1 aromatic rings. The number of rotatable bonds is 8. The Bertz CT molecular complexity index is 576. The molecule has 0 aliphatic carbocycles. The third-order valence-corrected chi connectivity index (χ3v) is 4.02. The van der Waals surface area contributed by atoms with Crippen LogP contribution in [-0.4, -0.2) is 16.6 Å². The lowest BCUT2D eigenvalue weighted by atomic mass is 9.85. The second-order valence-corrected chi connectivity index (χ2v) is 6.05. The van der Waals surface area contributed by atoms with Gasteiger partial charge in [-0.2, -0.15) is 0 Å². The zero-order valence-corrected chi connectivity index (χ0v) is 13.1. The molecule has 0 spiro atoms. The molecule has 3 nitrogen and oxygen atoms in total. The molecule has 0 aliphatic heterocycles. The Labute approximate surface area is 132 Å². The molecule has 23 heavy (non-hydrogen) atoms. The monoisotopic (exact) mass is 335 g/mol. The molecule has 0 aliphatic rings. The molecule has 130 valence electrons. The average molecular weight is 335 g/mol. The number of carbonyl (C=O) groups is 1. The van der Waals surface area contributed by atoms with Gasteiger partial charge in [0.2, 0.25) is 0 Å². The molecule has 0 amide bonds. The number of hydrogen-bond donors (Lipinski definition) is 2. The molecule has 0 heterocycles. The van der Waals surface area contributed by atoms with E-state index < -0.39 is 34.8 Å². The summed E-state index contributed by atoms with van der Waals surface area (Å²) >= 11 is 0. The van der Waals surface area contributed by atoms with Gasteiger partial charge in [-0.15, -0.1) is 0 Å². The van der Waals surface area contributed by atoms with Gasteiger partial charge < -0.3 is 10.8 Å². The Kier molecular flexibility index (Phi) is 6.56. The molecule has 0 radical (unpaired) electrons. The highest BCUT2D eigenvalue weighted by Crippen LogP contribution is 2.25. The van der Waals surface area contributed by atoms with Gasteiger partial charge in [0.25, 0.3) is 0 Å². The zero-order chi connectivity index (χ0) is 17.8. The van der Waals surface area contributed by atoms with Crippen molar-refractivity contribution in [2.75, 3.05) is 0 Å². The maximum absolute atomic E-state index is 13.5. The summed E-state index contributed by atoms with van der Waals surface area (Å²) in [6.07, 6.45) is 1.86. The van der Waals surface area contributed by atoms with Crippen molar-refractivity contribution in [1.82, 2.24) is 0 Å². The van der Waals surface area contributed by atoms with Gasteiger partial charge in [0, 0.05) is 0 Å². The van der Waals surface area contributed by atoms with E-state index in [4.69, 9.17) is 10.8 Å². The van der Waals surface area contributed by atoms with E-state index in [1.165, 1.54) is 6.92 Å². The van der Waals surface area contributed by atoms with E-state index in [-0.39, 0.29) is 24.3 Å². The van der Waals surface area contributed by atoms with Crippen LogP contribution in [-0.2, 0) is 11.2 Å². The van der Waals surface area contributed by atoms with E-state index in [9.17, 15) is 22.4 Å². The molecule has 1 aromatic carbocycles. The lowest BCUT2D eigenvalue weighted by Crippen LogP contribution is -2.46. The molecule has 2 unspecified atom stereocenters. The van der Waals surface area contributed by atoms with E-state index in [0.29, 0.717) is 25.3 Å². The second kappa shape index (κ2) is 7.77. The van der Waals surface area contributed by atoms with Crippen molar-refractivity contribution in [2.24, 2.45) is 11.7 Å². The third kappa shape index (κ3) is 4.92. The molecular formula is C16H21F4NO2. The number of benzene rings is 1. The van der Waals surface area contributed by atoms with Crippen molar-refractivity contribution in [3.63, 3.8) is 0 Å². The summed E-state index contributed by atoms with van der Waals surface area (Å²) in [7, 11) is 0. The number of aryl methyl sites for hydroxylation is 1. The molecule has 0 saturated heterocycles. The summed E-state index contributed by atoms with van der Waals surface area (Å²) in [5.74, 6) is -7.56. The number of hydrogen-bond acceptors (Lipinski definition) is 2. The van der Waals surface area contributed by atoms with Crippen LogP contribution in [0.2, 0.25) is 0 Å². The fourth-order valence-corrected chi connectivity index (χ4v) is 2.52. The quantitative estimate of drug-likeness (QED) is 0.432. The van der Waals surface area contributed by atoms with Crippen LogP contribution in [0, 0.1) is 29.2 Å². The Hall–Kier alpha value is -1.63. The van der Waals surface area contributed by atoms with Gasteiger partial charge in [-0.25, -0.2) is 17.6 Å². The fourth-order valence-electron chi connectivity index (χ4n) is 2.52. The van der Waals surface area contributed by atoms with Gasteiger partial charge in [-0.05, 0) is 43.7 Å². The zero-order valence-electron chi connectivity index (χ0n) is 13.1. The van der Waals surface area contributed by atoms with Crippen molar-refractivity contribution in [3.05, 3.63) is 34.9 Å². The maximum atomic E-state index is 13.5. The highest BCUT2D eigenvalue weighted by Gasteiger charge is 2.30. The van der Waals surface area contributed by atoms with Gasteiger partial charge in [-0.3, -0.25) is 4.79 Å². The van der Waals surface area contributed by atoms with Crippen LogP contribution in [0.1, 0.15) is 45.1 Å². The van der Waals surface area contributed by atoms with Crippen LogP contribution in [0.4, 0.5) is 17.6 Å². The minimum Gasteiger partial charge on any atom is -0.480 e. The third-order valence-electron chi connectivity index (χ3n) is 4.02. The Morgan fingerprint density at radius 2 is 1.87 bits per heavy atom. The largest absolute Gasteiger partial charge is 0.480 e. The van der Waals surface area contributed by atoms with Gasteiger partial charge in [0.05, 0.1) is 0 Å². The van der Waals surface area contributed by atoms with E-state index in [0.717, 1.165) is 0 Å². The molecule has 0 bridgehead atoms. The molecule has 3 N–H and O–H groups in total. The lowest BCUT2D eigenvalue weighted by molar-refractivity contribution is -0.143. The Balaban J connectivity index is 2.67. The average Bonchev–Trinajstić information content (AvgIpc) is 2.48. The van der Waals surface area contributed by atoms with Crippen molar-refractivity contribution in [3.8, 4) is 0 Å². The van der Waals surface area contributed by atoms with Crippen LogP contribution in [0.25, 0.3) is 0 Å². The smallest absolute Gasteiger partial charge is 0.323 e. The number of carboxylic acid groups (broad SMARTS) is 1. The van der Waals surface area contributed by atoms with Crippen LogP contribution in [0.3, 0.4) is 0 Å². The van der Waals surface area contributed by atoms with E-state index in [1.54, 1.807) is 0 Å². The van der Waals surface area contributed by atoms with Crippen LogP contribution < -0.4 is 5.73 Å². The first-order valence-electron chi connectivity index (χ1n) is 7.44. The highest BCUT2D eigenvalue weighted by molar-refractivity contribution is 5.77. The van der Waals surface area contributed by atoms with Gasteiger partial charge >= 0.3 is 5.97 Å². The van der Waals surface area contributed by atoms with Crippen molar-refractivity contribution in [2.45, 2.75) is 51.5 Å². The Morgan fingerprint density at radius 3 is 2.39 bits per heavy atom. The van der Waals surface area contributed by atoms with Crippen LogP contribution in [0.15, 0.2) is 6.07 Å². The minimum absolute atomic E-state index is 0.0145. The molecule has 0 aromatic heterocycles. The molecule has 1 rings (SSSR count). The predicted molar refractivity (Wildman–Crippen MR) is 77.8 cm³/mol. The summed E-state index contributed by atoms with van der Waals surface area (Å²) in [6.45, 7) is 3.29. The first kappa shape index (κ1) is 19.4. The molecule has 7 heteroatoms. The Morgan fingerprint density at radius 1 is 1.26 bits per heavy atom. The van der Waals surface area contributed by atoms with Crippen molar-refractivity contribution >= 4 is 5.97 Å². The standard InChI is InChI=1S/C16H21F4NO2/c1-3-9(8-16(2,21)15(22)23)5-4-6-10-7-11(17)13(19)14(20)12(10)18/h7,9H,3-6,8,21H2,1-2H3,(H,22,23). The SMILES string of the molecule is CCC(CCCc1cc(F)c(F)c(F)c1F)CC(C)(N)C(=O)O. The van der Waals surface area contributed by atoms with Gasteiger partial charge in [0.1, 0.15) is 5.54 Å². The highest BCUT2D eigenvalue weighted by atomic mass is 19.2. The van der Waals surface area contributed by atoms with Crippen molar-refractivity contribution in [1.29, 1.82) is 0 Å². The number of aliphatic carboxylic acids is 1. The van der Waals surface area contributed by atoms with Crippen LogP contribution in [0.5, 0.6) is 0 Å². The summed E-state index contributed by atoms with van der Waals surface area (Å²) in [5.41, 5.74) is 4.11. The first-order valence-corrected chi connectivity index (χ1v) is 7.44. The van der Waals surface area contributed by atoms with E-state index in [1.807, 2.05) is 6.92 Å². The topological polar surface area (TPSA) is 63.3 Å². The number of halogens is 4. The number of nitrogens with two attached hydrogens (primary N) is 1. The summed E-state index contributed by atoms with van der Waals surface area (Å²) in [4.78, 5) is 11.0. The predicted octanol–water partition coefficient (Wildman–Crippen LogP) is 3.78. The molecular weight excluding hydrogens is 314 g/mol. The molecule has 0 fully saturated rings. The molecule has 2 atom stereocenters. The van der Waals surface area contributed by atoms with Crippen molar-refractivity contribution < 1.29 is 27.5 Å². The number of carboxylic acids is 1. The van der Waals surface area contributed by atoms with E-state index in [2.05, 4.69) is 0 Å². The normalized spacial score (nSPS) is 15.3. The van der Waals surface area contributed by atoms with Gasteiger partial charge in [-0.1, -0.05) is 19.8 Å². The van der Waals surface area contributed by atoms with Crippen LogP contribution >= 0.6 is 0 Å². The van der Waals surface area contributed by atoms with Gasteiger partial charge in [0.15, 0.2) is 23.3 Å². The fraction of sp³-hybridized carbons (Fsp3) is 0.562. The summed E-state index contributed by atoms with van der Waals surface area (Å²) in [5, 5.41) is 9.02. The second-order valence-electron chi connectivity index (χ2n) is 6.05. The molecule has 0 saturated carbocycles. The van der Waals surface area contributed by atoms with E-state index >= 15 is 0 Å². The maximum Gasteiger partial charge on any atom is 0.323 e. The minimum atomic E-state index is -1.82. The summed E-state index contributed by atoms with van der Waals surface area (Å²) < 4.78 is 52.7.